The summed E-state index contributed by atoms with van der Waals surface area (Å²) in [4.78, 5) is 0. The summed E-state index contributed by atoms with van der Waals surface area (Å²) in [6, 6.07) is 1.99. The third kappa shape index (κ3) is 0.889. The van der Waals surface area contributed by atoms with E-state index in [9.17, 15) is 0 Å². The topological polar surface area (TPSA) is 49.9 Å². The number of hydrogen-bond donors (Lipinski definition) is 1. The van der Waals surface area contributed by atoms with Gasteiger partial charge in [0.25, 0.3) is 0 Å². The van der Waals surface area contributed by atoms with Crippen molar-refractivity contribution in [2.75, 3.05) is 13.1 Å². The van der Waals surface area contributed by atoms with Crippen molar-refractivity contribution in [2.45, 2.75) is 6.17 Å². The normalized spacial score (nSPS) is 22.1. The Morgan fingerprint density at radius 2 is 2.71 bits per heavy atom. The van der Waals surface area contributed by atoms with Gasteiger partial charge in [0, 0.05) is 13.1 Å². The van der Waals surface area contributed by atoms with Crippen LogP contribution in [0.25, 0.3) is 0 Å². The number of nitriles is 1. The van der Waals surface area contributed by atoms with Gasteiger partial charge in [-0.05, 0) is 0 Å². The van der Waals surface area contributed by atoms with Crippen LogP contribution in [0, 0.1) is 11.3 Å². The summed E-state index contributed by atoms with van der Waals surface area (Å²) in [5, 5.41) is 14.9. The van der Waals surface area contributed by atoms with Gasteiger partial charge in [0.05, 0.1) is 6.07 Å². The smallest absolute Gasteiger partial charge is 0.163 e. The Morgan fingerprint density at radius 1 is 1.86 bits per heavy atom. The van der Waals surface area contributed by atoms with Crippen LogP contribution in [0.5, 0.6) is 0 Å². The van der Waals surface area contributed by atoms with Crippen LogP contribution >= 0.6 is 0 Å². The van der Waals surface area contributed by atoms with Crippen molar-refractivity contribution in [3.8, 4) is 6.07 Å². The highest BCUT2D eigenvalue weighted by Crippen LogP contribution is 1.82. The zero-order chi connectivity index (χ0) is 5.11. The first-order valence-corrected chi connectivity index (χ1v) is 2.23. The molecular formula is C4H6N3. The van der Waals surface area contributed by atoms with Crippen LogP contribution in [0.2, 0.25) is 0 Å². The lowest BCUT2D eigenvalue weighted by Crippen LogP contribution is -2.23. The minimum absolute atomic E-state index is 0.222. The van der Waals surface area contributed by atoms with E-state index in [4.69, 9.17) is 5.26 Å². The van der Waals surface area contributed by atoms with Gasteiger partial charge in [-0.15, -0.1) is 0 Å². The van der Waals surface area contributed by atoms with Gasteiger partial charge in [0.2, 0.25) is 0 Å². The molecule has 0 saturated carbocycles. The summed E-state index contributed by atoms with van der Waals surface area (Å²) in [6.45, 7) is 1.65. The molecule has 0 bridgehead atoms. The highest BCUT2D eigenvalue weighted by Gasteiger charge is 2.11. The van der Waals surface area contributed by atoms with Crippen LogP contribution in [0.1, 0.15) is 0 Å². The predicted molar refractivity (Wildman–Crippen MR) is 24.4 cm³/mol. The van der Waals surface area contributed by atoms with Gasteiger partial charge in [0.15, 0.2) is 6.17 Å². The zero-order valence-corrected chi connectivity index (χ0v) is 3.89. The maximum Gasteiger partial charge on any atom is 0.163 e. The summed E-state index contributed by atoms with van der Waals surface area (Å²) in [5.74, 6) is 0. The Bertz CT molecular complexity index is 87.6. The molecule has 0 spiro atoms. The molecule has 1 N–H and O–H groups in total. The van der Waals surface area contributed by atoms with E-state index in [1.807, 2.05) is 6.07 Å². The molecule has 0 aromatic rings. The first-order valence-electron chi connectivity index (χ1n) is 2.23. The molecule has 0 aliphatic carbocycles. The quantitative estimate of drug-likeness (QED) is 0.422. The lowest BCUT2D eigenvalue weighted by Gasteiger charge is -1.91. The minimum atomic E-state index is -0.222. The second kappa shape index (κ2) is 1.92. The molecule has 1 aliphatic heterocycles. The van der Waals surface area contributed by atoms with Crippen molar-refractivity contribution in [1.29, 1.82) is 5.26 Å². The van der Waals surface area contributed by atoms with Crippen molar-refractivity contribution in [2.24, 2.45) is 0 Å². The Hall–Kier alpha value is -0.590. The predicted octanol–water partition coefficient (Wildman–Crippen LogP) is -0.956. The molecule has 1 rings (SSSR count). The second-order valence-electron chi connectivity index (χ2n) is 1.39. The molecule has 0 amide bonds. The van der Waals surface area contributed by atoms with Crippen LogP contribution < -0.4 is 10.6 Å². The van der Waals surface area contributed by atoms with Crippen molar-refractivity contribution in [1.82, 2.24) is 10.6 Å². The van der Waals surface area contributed by atoms with E-state index in [0.29, 0.717) is 0 Å². The van der Waals surface area contributed by atoms with Crippen molar-refractivity contribution in [3.05, 3.63) is 0 Å². The van der Waals surface area contributed by atoms with Crippen molar-refractivity contribution in [3.63, 3.8) is 0 Å². The highest BCUT2D eigenvalue weighted by atomic mass is 15.2. The molecule has 0 aromatic carbocycles. The van der Waals surface area contributed by atoms with E-state index >= 15 is 0 Å². The molecule has 7 heavy (non-hydrogen) atoms. The Morgan fingerprint density at radius 3 is 3.00 bits per heavy atom. The maximum absolute atomic E-state index is 8.16. The molecule has 37 valence electrons. The molecule has 3 nitrogen and oxygen atoms in total. The van der Waals surface area contributed by atoms with Crippen molar-refractivity contribution < 1.29 is 0 Å². The first-order chi connectivity index (χ1) is 3.43. The van der Waals surface area contributed by atoms with E-state index in [-0.39, 0.29) is 6.17 Å². The second-order valence-corrected chi connectivity index (χ2v) is 1.39. The van der Waals surface area contributed by atoms with Crippen LogP contribution in [0.4, 0.5) is 0 Å². The fraction of sp³-hybridized carbons (Fsp3) is 0.750. The number of nitrogens with one attached hydrogen (secondary N) is 1. The molecule has 1 atom stereocenters. The fourth-order valence-corrected chi connectivity index (χ4v) is 0.546. The third-order valence-electron chi connectivity index (χ3n) is 0.883. The molecule has 0 aromatic heterocycles. The molecule has 1 aliphatic rings. The van der Waals surface area contributed by atoms with E-state index < -0.39 is 0 Å². The van der Waals surface area contributed by atoms with Gasteiger partial charge >= 0.3 is 0 Å². The largest absolute Gasteiger partial charge is 0.287 e. The highest BCUT2D eigenvalue weighted by molar-refractivity contribution is 4.90. The summed E-state index contributed by atoms with van der Waals surface area (Å²) in [6.07, 6.45) is -0.222. The van der Waals surface area contributed by atoms with Gasteiger partial charge in [-0.1, -0.05) is 0 Å². The molecule has 1 saturated heterocycles. The molecule has 1 heterocycles. The molecule has 1 unspecified atom stereocenters. The standard InChI is InChI=1S/C4H6N3/c5-3-4-6-1-2-7-4/h4,6H,1-2H2. The molecule has 1 radical (unpaired) electrons. The van der Waals surface area contributed by atoms with E-state index in [1.54, 1.807) is 0 Å². The molecule has 3 heteroatoms. The van der Waals surface area contributed by atoms with Crippen LogP contribution in [0.3, 0.4) is 0 Å². The zero-order valence-electron chi connectivity index (χ0n) is 3.89. The van der Waals surface area contributed by atoms with Gasteiger partial charge in [-0.3, -0.25) is 5.32 Å². The Labute approximate surface area is 42.3 Å². The van der Waals surface area contributed by atoms with Gasteiger partial charge in [-0.2, -0.15) is 5.26 Å². The summed E-state index contributed by atoms with van der Waals surface area (Å²) < 4.78 is 0. The summed E-state index contributed by atoms with van der Waals surface area (Å²) >= 11 is 0. The van der Waals surface area contributed by atoms with Gasteiger partial charge < -0.3 is 0 Å². The average molecular weight is 96.1 g/mol. The fourth-order valence-electron chi connectivity index (χ4n) is 0.546. The van der Waals surface area contributed by atoms with E-state index in [1.165, 1.54) is 0 Å². The van der Waals surface area contributed by atoms with Crippen LogP contribution in [0.15, 0.2) is 0 Å². The van der Waals surface area contributed by atoms with Gasteiger partial charge in [-0.25, -0.2) is 5.32 Å². The van der Waals surface area contributed by atoms with Crippen molar-refractivity contribution >= 4 is 0 Å². The monoisotopic (exact) mass is 96.1 g/mol. The lowest BCUT2D eigenvalue weighted by atomic mass is 10.6. The van der Waals surface area contributed by atoms with Crippen LogP contribution in [-0.2, 0) is 0 Å². The third-order valence-corrected chi connectivity index (χ3v) is 0.883. The first kappa shape index (κ1) is 4.57. The summed E-state index contributed by atoms with van der Waals surface area (Å²) in [7, 11) is 0. The summed E-state index contributed by atoms with van der Waals surface area (Å²) in [5.41, 5.74) is 0. The lowest BCUT2D eigenvalue weighted by molar-refractivity contribution is 0.667. The molecular weight excluding hydrogens is 90.1 g/mol. The maximum atomic E-state index is 8.16. The van der Waals surface area contributed by atoms with Gasteiger partial charge in [0.1, 0.15) is 0 Å². The van der Waals surface area contributed by atoms with Crippen LogP contribution in [-0.4, -0.2) is 19.3 Å². The van der Waals surface area contributed by atoms with E-state index in [0.717, 1.165) is 13.1 Å². The molecule has 1 fully saturated rings. The Kier molecular flexibility index (Phi) is 1.25. The minimum Gasteiger partial charge on any atom is -0.287 e. The number of hydrogen-bond acceptors (Lipinski definition) is 2. The Balaban J connectivity index is 2.31. The number of rotatable bonds is 0. The SMILES string of the molecule is N#CC1[N]CCN1. The van der Waals surface area contributed by atoms with E-state index in [2.05, 4.69) is 10.6 Å². The average Bonchev–Trinajstić information content (AvgIpc) is 2.14. The number of nitrogens with zero attached hydrogens (tertiary/aromatic N) is 2.